The Bertz CT molecular complexity index is 1440. The average molecular weight is 514 g/mol. The molecule has 0 unspecified atom stereocenters. The minimum atomic E-state index is -0.935. The number of likely N-dealkylation sites (tertiary alicyclic amines) is 1. The van der Waals surface area contributed by atoms with Crippen molar-refractivity contribution >= 4 is 45.9 Å². The number of H-pyrrole nitrogens is 1. The molecule has 1 aliphatic rings. The second-order valence-electron chi connectivity index (χ2n) is 8.89. The van der Waals surface area contributed by atoms with E-state index >= 15 is 0 Å². The molecule has 10 heteroatoms. The summed E-state index contributed by atoms with van der Waals surface area (Å²) in [6.45, 7) is 0.884. The molecule has 1 aromatic heterocycles. The van der Waals surface area contributed by atoms with Crippen molar-refractivity contribution < 1.29 is 24.3 Å². The van der Waals surface area contributed by atoms with Gasteiger partial charge < -0.3 is 25.6 Å². The molecule has 1 saturated heterocycles. The predicted molar refractivity (Wildman–Crippen MR) is 141 cm³/mol. The normalized spacial score (nSPS) is 13.0. The van der Waals surface area contributed by atoms with Gasteiger partial charge in [0.15, 0.2) is 0 Å². The van der Waals surface area contributed by atoms with Crippen molar-refractivity contribution in [2.45, 2.75) is 25.7 Å². The second-order valence-corrected chi connectivity index (χ2v) is 8.89. The third-order valence-corrected chi connectivity index (χ3v) is 6.44. The van der Waals surface area contributed by atoms with Gasteiger partial charge in [0, 0.05) is 37.6 Å². The fraction of sp³-hybridized carbons (Fsp3) is 0.250. The van der Waals surface area contributed by atoms with Gasteiger partial charge in [-0.2, -0.15) is 5.26 Å². The van der Waals surface area contributed by atoms with Crippen LogP contribution in [0.3, 0.4) is 0 Å². The number of aromatic nitrogens is 1. The lowest BCUT2D eigenvalue weighted by molar-refractivity contribution is -0.137. The zero-order chi connectivity index (χ0) is 27.1. The van der Waals surface area contributed by atoms with E-state index in [0.29, 0.717) is 54.5 Å². The van der Waals surface area contributed by atoms with Gasteiger partial charge in [0.25, 0.3) is 11.7 Å². The lowest BCUT2D eigenvalue weighted by Crippen LogP contribution is -2.40. The Morgan fingerprint density at radius 2 is 1.76 bits per heavy atom. The molecule has 0 bridgehead atoms. The number of anilines is 1. The highest BCUT2D eigenvalue weighted by molar-refractivity contribution is 6.45. The van der Waals surface area contributed by atoms with Crippen LogP contribution in [-0.2, 0) is 9.59 Å². The maximum atomic E-state index is 13.2. The number of benzene rings is 2. The Labute approximate surface area is 218 Å². The fourth-order valence-electron chi connectivity index (χ4n) is 4.50. The molecule has 1 fully saturated rings. The molecule has 0 atom stereocenters. The highest BCUT2D eigenvalue weighted by Crippen LogP contribution is 2.29. The summed E-state index contributed by atoms with van der Waals surface area (Å²) in [5.41, 5.74) is 3.56. The first kappa shape index (κ1) is 26.2. The van der Waals surface area contributed by atoms with Crippen molar-refractivity contribution in [1.82, 2.24) is 15.2 Å². The summed E-state index contributed by atoms with van der Waals surface area (Å²) < 4.78 is 0. The van der Waals surface area contributed by atoms with Crippen LogP contribution in [-0.4, -0.2) is 58.3 Å². The van der Waals surface area contributed by atoms with E-state index in [0.717, 1.165) is 11.1 Å². The van der Waals surface area contributed by atoms with Crippen LogP contribution >= 0.6 is 0 Å². The highest BCUT2D eigenvalue weighted by Gasteiger charge is 2.29. The Hall–Kier alpha value is -4.91. The molecule has 194 valence electrons. The monoisotopic (exact) mass is 513 g/mol. The van der Waals surface area contributed by atoms with Crippen molar-refractivity contribution in [2.75, 3.05) is 25.0 Å². The summed E-state index contributed by atoms with van der Waals surface area (Å²) in [7, 11) is 0. The summed E-state index contributed by atoms with van der Waals surface area (Å²) in [6, 6.07) is 16.2. The van der Waals surface area contributed by atoms with Crippen molar-refractivity contribution in [3.63, 3.8) is 0 Å². The highest BCUT2D eigenvalue weighted by atomic mass is 16.4. The minimum absolute atomic E-state index is 0.0485. The molecular formula is C28H27N5O5. The molecule has 4 N–H and O–H groups in total. The molecule has 10 nitrogen and oxygen atoms in total. The summed E-state index contributed by atoms with van der Waals surface area (Å²) in [5.74, 6) is -2.20. The molecule has 38 heavy (non-hydrogen) atoms. The number of amides is 3. The summed E-state index contributed by atoms with van der Waals surface area (Å²) >= 11 is 0. The molecule has 0 saturated carbocycles. The van der Waals surface area contributed by atoms with E-state index in [1.165, 1.54) is 11.1 Å². The van der Waals surface area contributed by atoms with Gasteiger partial charge in [-0.25, -0.2) is 4.79 Å². The van der Waals surface area contributed by atoms with E-state index in [4.69, 9.17) is 5.11 Å². The van der Waals surface area contributed by atoms with Crippen LogP contribution in [0.2, 0.25) is 0 Å². The number of carboxylic acid groups (broad SMARTS) is 1. The maximum Gasteiger partial charge on any atom is 0.319 e. The largest absolute Gasteiger partial charge is 0.481 e. The number of fused-ring (bicyclic) bond motifs is 1. The Balaban J connectivity index is 1.42. The van der Waals surface area contributed by atoms with Crippen LogP contribution in [0, 0.1) is 11.3 Å². The van der Waals surface area contributed by atoms with Crippen LogP contribution < -0.4 is 10.6 Å². The first-order valence-corrected chi connectivity index (χ1v) is 12.3. The number of nitrogens with one attached hydrogen (secondary N) is 3. The zero-order valence-corrected chi connectivity index (χ0v) is 20.6. The van der Waals surface area contributed by atoms with Crippen LogP contribution in [0.25, 0.3) is 16.5 Å². The van der Waals surface area contributed by atoms with E-state index in [-0.39, 0.29) is 18.5 Å². The number of para-hydroxylation sites is 1. The first-order chi connectivity index (χ1) is 18.4. The van der Waals surface area contributed by atoms with Gasteiger partial charge >= 0.3 is 12.0 Å². The summed E-state index contributed by atoms with van der Waals surface area (Å²) in [5, 5.41) is 24.1. The number of hydrogen-bond acceptors (Lipinski definition) is 5. The number of Topliss-reactive ketones (excluding diaryl/α,β-unsaturated/α-hetero) is 1. The van der Waals surface area contributed by atoms with Crippen LogP contribution in [0.1, 0.15) is 41.6 Å². The third kappa shape index (κ3) is 5.90. The lowest BCUT2D eigenvalue weighted by Gasteiger charge is -2.28. The predicted octanol–water partition coefficient (Wildman–Crippen LogP) is 3.94. The molecule has 3 amide bonds. The third-order valence-electron chi connectivity index (χ3n) is 6.44. The fourth-order valence-corrected chi connectivity index (χ4v) is 4.50. The molecule has 4 rings (SSSR count). The standard InChI is InChI=1S/C28H27N5O5/c29-16-21(18-6-2-1-3-7-18)19-11-14-33(15-12-19)27(37)26(36)22-17-31-25-20(22)8-4-9-23(25)32-28(38)30-13-5-10-24(34)35/h1-4,6-9,17,31H,5,10-15H2,(H,34,35)(H2,30,32,38). The number of ketones is 1. The van der Waals surface area contributed by atoms with Gasteiger partial charge in [0.05, 0.1) is 28.4 Å². The van der Waals surface area contributed by atoms with E-state index < -0.39 is 23.7 Å². The van der Waals surface area contributed by atoms with Gasteiger partial charge in [-0.05, 0) is 36.5 Å². The molecule has 2 heterocycles. The summed E-state index contributed by atoms with van der Waals surface area (Å²) in [6.07, 6.45) is 2.74. The second kappa shape index (κ2) is 11.9. The molecule has 0 aliphatic carbocycles. The Kier molecular flexibility index (Phi) is 8.18. The number of allylic oxidation sites excluding steroid dienone is 1. The first-order valence-electron chi connectivity index (χ1n) is 12.3. The van der Waals surface area contributed by atoms with Crippen LogP contribution in [0.4, 0.5) is 10.5 Å². The Morgan fingerprint density at radius 3 is 2.45 bits per heavy atom. The van der Waals surface area contributed by atoms with Gasteiger partial charge in [0.1, 0.15) is 0 Å². The average Bonchev–Trinajstić information content (AvgIpc) is 3.37. The topological polar surface area (TPSA) is 155 Å². The molecule has 2 aromatic carbocycles. The van der Waals surface area contributed by atoms with Gasteiger partial charge in [-0.15, -0.1) is 0 Å². The number of piperidine rings is 1. The smallest absolute Gasteiger partial charge is 0.319 e. The number of carbonyl (C=O) groups is 4. The van der Waals surface area contributed by atoms with E-state index in [9.17, 15) is 24.4 Å². The van der Waals surface area contributed by atoms with Crippen LogP contribution in [0.5, 0.6) is 0 Å². The number of nitriles is 1. The van der Waals surface area contributed by atoms with E-state index in [2.05, 4.69) is 21.7 Å². The quantitative estimate of drug-likeness (QED) is 0.155. The number of carboxylic acids is 1. The van der Waals surface area contributed by atoms with E-state index in [1.54, 1.807) is 18.2 Å². The maximum absolute atomic E-state index is 13.2. The van der Waals surface area contributed by atoms with Gasteiger partial charge in [0.2, 0.25) is 0 Å². The van der Waals surface area contributed by atoms with Crippen molar-refractivity contribution in [1.29, 1.82) is 5.26 Å². The zero-order valence-electron chi connectivity index (χ0n) is 20.6. The number of urea groups is 1. The van der Waals surface area contributed by atoms with E-state index in [1.807, 2.05) is 30.3 Å². The number of rotatable bonds is 8. The SMILES string of the molecule is N#CC(=C1CCN(C(=O)C(=O)c2c[nH]c3c(NC(=O)NCCCC(=O)O)cccc23)CC1)c1ccccc1. The number of aliphatic carboxylic acids is 1. The number of nitrogens with zero attached hydrogens (tertiary/aromatic N) is 2. The summed E-state index contributed by atoms with van der Waals surface area (Å²) in [4.78, 5) is 53.5. The van der Waals surface area contributed by atoms with Gasteiger partial charge in [-0.1, -0.05) is 42.5 Å². The Morgan fingerprint density at radius 1 is 1.03 bits per heavy atom. The van der Waals surface area contributed by atoms with Crippen molar-refractivity contribution in [3.8, 4) is 6.07 Å². The molecular weight excluding hydrogens is 486 g/mol. The number of hydrogen-bond donors (Lipinski definition) is 4. The van der Waals surface area contributed by atoms with Crippen LogP contribution in [0.15, 0.2) is 60.3 Å². The molecule has 1 aliphatic heterocycles. The van der Waals surface area contributed by atoms with Gasteiger partial charge in [-0.3, -0.25) is 14.4 Å². The lowest BCUT2D eigenvalue weighted by atomic mass is 9.93. The number of aromatic amines is 1. The molecule has 0 radical (unpaired) electrons. The van der Waals surface area contributed by atoms with Crippen molar-refractivity contribution in [2.24, 2.45) is 0 Å². The minimum Gasteiger partial charge on any atom is -0.481 e. The molecule has 0 spiro atoms. The number of carbonyl (C=O) groups excluding carboxylic acids is 3. The van der Waals surface area contributed by atoms with Crippen molar-refractivity contribution in [3.05, 3.63) is 71.4 Å². The molecule has 3 aromatic rings.